The van der Waals surface area contributed by atoms with Crippen LogP contribution in [0.15, 0.2) is 47.0 Å². The normalized spacial score (nSPS) is 32.3. The summed E-state index contributed by atoms with van der Waals surface area (Å²) in [5.74, 6) is -3.97. The number of aliphatic hydroxyl groups excluding tert-OH is 1. The van der Waals surface area contributed by atoms with Gasteiger partial charge in [0, 0.05) is 17.4 Å². The van der Waals surface area contributed by atoms with E-state index in [-0.39, 0.29) is 44.6 Å². The fraction of sp³-hybridized carbons (Fsp3) is 0.562. The quantitative estimate of drug-likeness (QED) is 0.340. The maximum absolute atomic E-state index is 15.0. The van der Waals surface area contributed by atoms with Crippen molar-refractivity contribution in [3.8, 4) is 0 Å². The molecule has 2 saturated heterocycles. The second-order valence-corrected chi connectivity index (χ2v) is 13.5. The minimum absolute atomic E-state index is 0.00781. The maximum atomic E-state index is 15.0. The van der Waals surface area contributed by atoms with Crippen molar-refractivity contribution in [1.82, 2.24) is 30.1 Å². The summed E-state index contributed by atoms with van der Waals surface area (Å²) < 4.78 is 14.5. The van der Waals surface area contributed by atoms with E-state index in [0.29, 0.717) is 22.8 Å². The SMILES string of the molecule is CC[C@H](C)[C@H](CO)N1C(=O)[C@@H]2[C@H]3C(=O)O[C@@H](C)CNC(=O)CC/C=C\CN(Cn4nnc5ccccc54)C(=O)[C@@H]1[C@]21C=C(Br)[C@H]3O1. The first-order valence-corrected chi connectivity index (χ1v) is 16.6. The van der Waals surface area contributed by atoms with Crippen molar-refractivity contribution in [2.24, 2.45) is 17.8 Å². The van der Waals surface area contributed by atoms with Gasteiger partial charge in [0.2, 0.25) is 11.8 Å². The molecule has 4 aliphatic rings. The number of amides is 3. The van der Waals surface area contributed by atoms with Gasteiger partial charge in [-0.05, 0) is 37.5 Å². The van der Waals surface area contributed by atoms with E-state index in [1.807, 2.05) is 50.3 Å². The highest BCUT2D eigenvalue weighted by Crippen LogP contribution is 2.59. The minimum atomic E-state index is -1.49. The molecule has 246 valence electrons. The van der Waals surface area contributed by atoms with Gasteiger partial charge in [0.15, 0.2) is 0 Å². The fourth-order valence-corrected chi connectivity index (χ4v) is 7.89. The Kier molecular flexibility index (Phi) is 9.05. The molecular weight excluding hydrogens is 660 g/mol. The van der Waals surface area contributed by atoms with Crippen molar-refractivity contribution >= 4 is 50.7 Å². The molecule has 0 radical (unpaired) electrons. The van der Waals surface area contributed by atoms with Crippen LogP contribution in [0.2, 0.25) is 0 Å². The number of nitrogens with zero attached hydrogens (tertiary/aromatic N) is 5. The Labute approximate surface area is 275 Å². The lowest BCUT2D eigenvalue weighted by Crippen LogP contribution is -2.59. The summed E-state index contributed by atoms with van der Waals surface area (Å²) in [7, 11) is 0. The van der Waals surface area contributed by atoms with E-state index in [1.165, 1.54) is 4.90 Å². The smallest absolute Gasteiger partial charge is 0.313 e. The zero-order chi connectivity index (χ0) is 32.7. The lowest BCUT2D eigenvalue weighted by Gasteiger charge is -2.40. The highest BCUT2D eigenvalue weighted by atomic mass is 79.9. The number of benzene rings is 1. The molecule has 1 aromatic carbocycles. The van der Waals surface area contributed by atoms with Crippen LogP contribution < -0.4 is 5.32 Å². The number of carbonyl (C=O) groups is 4. The fourth-order valence-electron chi connectivity index (χ4n) is 7.15. The van der Waals surface area contributed by atoms with Crippen molar-refractivity contribution in [1.29, 1.82) is 0 Å². The van der Waals surface area contributed by atoms with Gasteiger partial charge in [-0.2, -0.15) is 0 Å². The van der Waals surface area contributed by atoms with Crippen molar-refractivity contribution < 1.29 is 33.8 Å². The molecule has 0 aliphatic carbocycles. The Hall–Kier alpha value is -3.62. The summed E-state index contributed by atoms with van der Waals surface area (Å²) in [6.45, 7) is 5.44. The second kappa shape index (κ2) is 12.9. The number of hydrogen-bond acceptors (Lipinski definition) is 9. The Morgan fingerprint density at radius 2 is 1.96 bits per heavy atom. The monoisotopic (exact) mass is 698 g/mol. The number of aliphatic hydroxyl groups is 1. The number of nitrogens with one attached hydrogen (secondary N) is 1. The van der Waals surface area contributed by atoms with Crippen molar-refractivity contribution in [2.75, 3.05) is 19.7 Å². The molecule has 5 bridgehead atoms. The summed E-state index contributed by atoms with van der Waals surface area (Å²) in [4.78, 5) is 58.9. The second-order valence-electron chi connectivity index (χ2n) is 12.5. The number of allylic oxidation sites excluding steroid dienone is 1. The summed E-state index contributed by atoms with van der Waals surface area (Å²) in [5.41, 5.74) is -0.101. The molecule has 3 amide bonds. The molecule has 0 unspecified atom stereocenters. The van der Waals surface area contributed by atoms with Crippen LogP contribution in [0.4, 0.5) is 0 Å². The molecule has 8 atom stereocenters. The van der Waals surface area contributed by atoms with E-state index in [4.69, 9.17) is 9.47 Å². The van der Waals surface area contributed by atoms with Crippen LogP contribution in [0.3, 0.4) is 0 Å². The van der Waals surface area contributed by atoms with Gasteiger partial charge in [0.25, 0.3) is 5.91 Å². The van der Waals surface area contributed by atoms with E-state index in [1.54, 1.807) is 22.6 Å². The summed E-state index contributed by atoms with van der Waals surface area (Å²) in [5, 5.41) is 22.0. The van der Waals surface area contributed by atoms with E-state index in [9.17, 15) is 19.5 Å². The zero-order valence-electron chi connectivity index (χ0n) is 26.0. The molecule has 1 aromatic heterocycles. The molecule has 1 spiro atoms. The van der Waals surface area contributed by atoms with Crippen molar-refractivity contribution in [3.05, 3.63) is 47.0 Å². The molecule has 5 heterocycles. The molecule has 0 saturated carbocycles. The molecule has 2 fully saturated rings. The number of hydrogen-bond donors (Lipinski definition) is 2. The Morgan fingerprint density at radius 1 is 1.17 bits per heavy atom. The van der Waals surface area contributed by atoms with Crippen molar-refractivity contribution in [2.45, 2.75) is 76.6 Å². The van der Waals surface area contributed by atoms with Gasteiger partial charge in [-0.1, -0.05) is 65.7 Å². The van der Waals surface area contributed by atoms with Gasteiger partial charge < -0.3 is 29.7 Å². The third kappa shape index (κ3) is 5.43. The van der Waals surface area contributed by atoms with Crippen LogP contribution in [-0.2, 0) is 35.3 Å². The summed E-state index contributed by atoms with van der Waals surface area (Å²) in [6, 6.07) is 5.50. The predicted octanol–water partition coefficient (Wildman–Crippen LogP) is 1.90. The number of carbonyl (C=O) groups excluding carboxylic acids is 4. The zero-order valence-corrected chi connectivity index (χ0v) is 27.6. The third-order valence-electron chi connectivity index (χ3n) is 9.69. The van der Waals surface area contributed by atoms with Gasteiger partial charge in [-0.15, -0.1) is 5.10 Å². The molecule has 6 rings (SSSR count). The van der Waals surface area contributed by atoms with Gasteiger partial charge >= 0.3 is 5.97 Å². The number of esters is 1. The molecular formula is C32H39BrN6O7. The highest BCUT2D eigenvalue weighted by Gasteiger charge is 2.75. The number of para-hydroxylation sites is 1. The van der Waals surface area contributed by atoms with Crippen LogP contribution in [0.25, 0.3) is 11.0 Å². The molecule has 2 N–H and O–H groups in total. The average Bonchev–Trinajstić information content (AvgIpc) is 3.76. The van der Waals surface area contributed by atoms with E-state index < -0.39 is 59.5 Å². The maximum Gasteiger partial charge on any atom is 0.313 e. The molecule has 13 nitrogen and oxygen atoms in total. The van der Waals surface area contributed by atoms with Crippen LogP contribution in [0.5, 0.6) is 0 Å². The number of likely N-dealkylation sites (tertiary alicyclic amines) is 1. The third-order valence-corrected chi connectivity index (χ3v) is 10.4. The first kappa shape index (κ1) is 32.3. The highest BCUT2D eigenvalue weighted by molar-refractivity contribution is 9.11. The van der Waals surface area contributed by atoms with E-state index in [0.717, 1.165) is 5.52 Å². The lowest BCUT2D eigenvalue weighted by molar-refractivity contribution is -0.160. The summed E-state index contributed by atoms with van der Waals surface area (Å²) in [6.07, 6.45) is 5.19. The first-order chi connectivity index (χ1) is 22.1. The lowest BCUT2D eigenvalue weighted by atomic mass is 9.74. The van der Waals surface area contributed by atoms with Gasteiger partial charge in [0.1, 0.15) is 42.0 Å². The Balaban J connectivity index is 1.47. The van der Waals surface area contributed by atoms with E-state index in [2.05, 4.69) is 31.6 Å². The van der Waals surface area contributed by atoms with Crippen molar-refractivity contribution in [3.63, 3.8) is 0 Å². The largest absolute Gasteiger partial charge is 0.460 e. The Morgan fingerprint density at radius 3 is 2.72 bits per heavy atom. The van der Waals surface area contributed by atoms with Crippen LogP contribution in [0.1, 0.15) is 40.0 Å². The van der Waals surface area contributed by atoms with Crippen LogP contribution in [-0.4, -0.2) is 103 Å². The molecule has 46 heavy (non-hydrogen) atoms. The van der Waals surface area contributed by atoms with Crippen LogP contribution in [0, 0.1) is 17.8 Å². The van der Waals surface area contributed by atoms with Gasteiger partial charge in [-0.25, -0.2) is 4.68 Å². The first-order valence-electron chi connectivity index (χ1n) is 15.8. The van der Waals surface area contributed by atoms with Gasteiger partial charge in [-0.3, -0.25) is 19.2 Å². The number of aromatic nitrogens is 3. The molecule has 2 aromatic rings. The predicted molar refractivity (Wildman–Crippen MR) is 169 cm³/mol. The minimum Gasteiger partial charge on any atom is -0.460 e. The molecule has 4 aliphatic heterocycles. The standard InChI is InChI=1S/C32H39BrN6O7/c1-4-18(2)23(16-40)39-28-30(43)37(17-38-22-11-8-7-10-21(22)35-36-38)13-9-5-6-12-24(41)34-15-19(3)45-31(44)25-26(29(39)42)32(28)14-20(33)27(25)46-32/h5,7-11,14,18-19,23,25-28,40H,4,6,12-13,15-17H2,1-3H3,(H,34,41)/b9-5-/t18-,19-,23-,25+,26-,27+,28+,32-/m0/s1. The van der Waals surface area contributed by atoms with Crippen LogP contribution >= 0.6 is 15.9 Å². The number of cyclic esters (lactones) is 1. The summed E-state index contributed by atoms with van der Waals surface area (Å²) >= 11 is 3.56. The van der Waals surface area contributed by atoms with Gasteiger partial charge in [0.05, 0.1) is 30.6 Å². The number of rotatable bonds is 6. The Bertz CT molecular complexity index is 1590. The number of ether oxygens (including phenoxy) is 2. The number of fused-ring (bicyclic) bond motifs is 3. The average molecular weight is 700 g/mol. The topological polar surface area (TPSA) is 156 Å². The number of halogens is 1. The molecule has 14 heteroatoms. The van der Waals surface area contributed by atoms with E-state index >= 15 is 4.79 Å².